The Hall–Kier alpha value is -0.620. The van der Waals surface area contributed by atoms with Gasteiger partial charge in [0.15, 0.2) is 4.34 Å². The Bertz CT molecular complexity index is 467. The van der Waals surface area contributed by atoms with Crippen LogP contribution in [0.15, 0.2) is 4.34 Å². The van der Waals surface area contributed by atoms with Crippen molar-refractivity contribution >= 4 is 34.1 Å². The third kappa shape index (κ3) is 3.52. The van der Waals surface area contributed by atoms with Gasteiger partial charge in [-0.25, -0.2) is 0 Å². The Morgan fingerprint density at radius 3 is 2.65 bits per heavy atom. The molecule has 0 unspecified atom stereocenters. The minimum Gasteiger partial charge on any atom is -0.284 e. The van der Waals surface area contributed by atoms with Crippen LogP contribution in [-0.2, 0) is 4.79 Å². The lowest BCUT2D eigenvalue weighted by molar-refractivity contribution is -0.116. The number of nitrogens with zero attached hydrogens (tertiary/aromatic N) is 3. The van der Waals surface area contributed by atoms with Crippen LogP contribution in [0.5, 0.6) is 0 Å². The van der Waals surface area contributed by atoms with Crippen LogP contribution in [-0.4, -0.2) is 27.9 Å². The molecule has 0 radical (unpaired) electrons. The average molecular weight is 311 g/mol. The van der Waals surface area contributed by atoms with Crippen molar-refractivity contribution in [1.82, 2.24) is 10.2 Å². The Kier molecular flexibility index (Phi) is 4.61. The monoisotopic (exact) mass is 311 g/mol. The number of carbonyl (C=O) groups excluding carboxylic acids is 1. The fourth-order valence-electron chi connectivity index (χ4n) is 2.78. The lowest BCUT2D eigenvalue weighted by atomic mass is 9.91. The van der Waals surface area contributed by atoms with Crippen molar-refractivity contribution < 1.29 is 4.79 Å². The number of hydrogen-bond donors (Lipinski definition) is 0. The minimum absolute atomic E-state index is 0.0903. The topological polar surface area (TPSA) is 46.1 Å². The van der Waals surface area contributed by atoms with Gasteiger partial charge >= 0.3 is 0 Å². The summed E-state index contributed by atoms with van der Waals surface area (Å²) in [6.45, 7) is 1.62. The molecule has 1 heterocycles. The summed E-state index contributed by atoms with van der Waals surface area (Å²) in [5.41, 5.74) is 0. The first-order chi connectivity index (χ1) is 9.74. The molecule has 1 amide bonds. The van der Waals surface area contributed by atoms with Gasteiger partial charge in [0, 0.05) is 18.7 Å². The normalized spacial score (nSPS) is 20.1. The van der Waals surface area contributed by atoms with E-state index in [0.717, 1.165) is 34.0 Å². The van der Waals surface area contributed by atoms with Gasteiger partial charge in [-0.3, -0.25) is 9.69 Å². The fraction of sp³-hybridized carbons (Fsp3) is 0.786. The summed E-state index contributed by atoms with van der Waals surface area (Å²) in [4.78, 5) is 13.5. The molecule has 0 aliphatic heterocycles. The van der Waals surface area contributed by atoms with Crippen molar-refractivity contribution in [2.24, 2.45) is 5.92 Å². The highest BCUT2D eigenvalue weighted by Crippen LogP contribution is 2.37. The molecule has 2 aliphatic carbocycles. The molecule has 2 saturated carbocycles. The van der Waals surface area contributed by atoms with E-state index in [9.17, 15) is 4.79 Å². The van der Waals surface area contributed by atoms with Crippen molar-refractivity contribution in [3.63, 3.8) is 0 Å². The molecule has 0 saturated heterocycles. The van der Waals surface area contributed by atoms with E-state index in [-0.39, 0.29) is 5.91 Å². The Labute approximate surface area is 128 Å². The quantitative estimate of drug-likeness (QED) is 0.614. The van der Waals surface area contributed by atoms with E-state index in [4.69, 9.17) is 0 Å². The molecule has 2 aliphatic rings. The second kappa shape index (κ2) is 6.43. The van der Waals surface area contributed by atoms with Gasteiger partial charge in [0.2, 0.25) is 11.0 Å². The Morgan fingerprint density at radius 2 is 2.00 bits per heavy atom. The molecule has 4 nitrogen and oxygen atoms in total. The van der Waals surface area contributed by atoms with E-state index >= 15 is 0 Å². The van der Waals surface area contributed by atoms with E-state index in [1.165, 1.54) is 32.1 Å². The van der Waals surface area contributed by atoms with Crippen LogP contribution in [0.25, 0.3) is 0 Å². The predicted octanol–water partition coefficient (Wildman–Crippen LogP) is 3.73. The molecule has 110 valence electrons. The van der Waals surface area contributed by atoms with Crippen LogP contribution in [0.2, 0.25) is 0 Å². The predicted molar refractivity (Wildman–Crippen MR) is 83.4 cm³/mol. The van der Waals surface area contributed by atoms with Crippen molar-refractivity contribution in [3.8, 4) is 0 Å². The molecule has 0 atom stereocenters. The number of carbonyl (C=O) groups is 1. The number of aromatic nitrogens is 2. The second-order valence-corrected chi connectivity index (χ2v) is 8.01. The maximum absolute atomic E-state index is 11.7. The summed E-state index contributed by atoms with van der Waals surface area (Å²) in [5.74, 6) is 2.08. The second-order valence-electron chi connectivity index (χ2n) is 5.79. The molecule has 1 aromatic heterocycles. The van der Waals surface area contributed by atoms with Gasteiger partial charge in [-0.2, -0.15) is 0 Å². The minimum atomic E-state index is 0.0903. The number of amides is 1. The fourth-order valence-corrected chi connectivity index (χ4v) is 4.95. The summed E-state index contributed by atoms with van der Waals surface area (Å²) in [6.07, 6.45) is 9.09. The highest BCUT2D eigenvalue weighted by molar-refractivity contribution is 8.01. The summed E-state index contributed by atoms with van der Waals surface area (Å²) in [7, 11) is 0. The first-order valence-corrected chi connectivity index (χ1v) is 9.30. The van der Waals surface area contributed by atoms with Crippen LogP contribution in [0.3, 0.4) is 0 Å². The van der Waals surface area contributed by atoms with E-state index in [1.807, 2.05) is 16.7 Å². The van der Waals surface area contributed by atoms with Crippen LogP contribution in [0.4, 0.5) is 5.13 Å². The molecule has 2 fully saturated rings. The largest absolute Gasteiger partial charge is 0.284 e. The van der Waals surface area contributed by atoms with Crippen LogP contribution in [0, 0.1) is 5.92 Å². The molecule has 0 spiro atoms. The maximum Gasteiger partial charge on any atom is 0.225 e. The number of anilines is 1. The summed E-state index contributed by atoms with van der Waals surface area (Å²) in [6, 6.07) is 0.372. The highest BCUT2D eigenvalue weighted by Gasteiger charge is 2.34. The maximum atomic E-state index is 11.7. The van der Waals surface area contributed by atoms with Crippen LogP contribution < -0.4 is 4.90 Å². The van der Waals surface area contributed by atoms with Gasteiger partial charge in [0.1, 0.15) is 0 Å². The van der Waals surface area contributed by atoms with E-state index in [0.29, 0.717) is 6.04 Å². The number of hydrogen-bond acceptors (Lipinski definition) is 5. The zero-order valence-electron chi connectivity index (χ0n) is 11.9. The summed E-state index contributed by atoms with van der Waals surface area (Å²) >= 11 is 3.39. The number of rotatable bonds is 5. The molecule has 1 aromatic rings. The van der Waals surface area contributed by atoms with Crippen molar-refractivity contribution in [2.45, 2.75) is 62.3 Å². The number of thioether (sulfide) groups is 1. The summed E-state index contributed by atoms with van der Waals surface area (Å²) < 4.78 is 1.01. The van der Waals surface area contributed by atoms with Gasteiger partial charge < -0.3 is 0 Å². The van der Waals surface area contributed by atoms with Gasteiger partial charge in [-0.1, -0.05) is 42.4 Å². The molecular weight excluding hydrogens is 290 g/mol. The molecule has 6 heteroatoms. The Morgan fingerprint density at radius 1 is 1.25 bits per heavy atom. The Balaban J connectivity index is 1.57. The molecule has 0 aromatic carbocycles. The molecule has 20 heavy (non-hydrogen) atoms. The average Bonchev–Trinajstić information content (AvgIpc) is 3.16. The van der Waals surface area contributed by atoms with Crippen molar-refractivity contribution in [3.05, 3.63) is 0 Å². The van der Waals surface area contributed by atoms with Crippen LogP contribution >= 0.6 is 23.1 Å². The SMILES string of the molecule is CC(=O)N(c1nnc(SCC2CCCCC2)s1)C1CC1. The van der Waals surface area contributed by atoms with Crippen molar-refractivity contribution in [2.75, 3.05) is 10.7 Å². The summed E-state index contributed by atoms with van der Waals surface area (Å²) in [5, 5.41) is 9.25. The van der Waals surface area contributed by atoms with Gasteiger partial charge in [-0.05, 0) is 31.6 Å². The van der Waals surface area contributed by atoms with E-state index in [2.05, 4.69) is 10.2 Å². The van der Waals surface area contributed by atoms with Gasteiger partial charge in [0.25, 0.3) is 0 Å². The molecular formula is C14H21N3OS2. The standard InChI is InChI=1S/C14H21N3OS2/c1-10(18)17(12-7-8-12)13-15-16-14(20-13)19-9-11-5-3-2-4-6-11/h11-12H,2-9H2,1H3. The molecule has 0 bridgehead atoms. The zero-order valence-corrected chi connectivity index (χ0v) is 13.5. The van der Waals surface area contributed by atoms with E-state index < -0.39 is 0 Å². The zero-order chi connectivity index (χ0) is 13.9. The third-order valence-corrected chi connectivity index (χ3v) is 6.31. The first kappa shape index (κ1) is 14.3. The van der Waals surface area contributed by atoms with E-state index in [1.54, 1.807) is 18.3 Å². The van der Waals surface area contributed by atoms with Gasteiger partial charge in [-0.15, -0.1) is 10.2 Å². The van der Waals surface area contributed by atoms with Crippen LogP contribution in [0.1, 0.15) is 51.9 Å². The third-order valence-electron chi connectivity index (χ3n) is 4.02. The highest BCUT2D eigenvalue weighted by atomic mass is 32.2. The first-order valence-electron chi connectivity index (χ1n) is 7.50. The van der Waals surface area contributed by atoms with Gasteiger partial charge in [0.05, 0.1) is 0 Å². The lowest BCUT2D eigenvalue weighted by Crippen LogP contribution is -2.30. The van der Waals surface area contributed by atoms with Crippen molar-refractivity contribution in [1.29, 1.82) is 0 Å². The lowest BCUT2D eigenvalue weighted by Gasteiger charge is -2.20. The smallest absolute Gasteiger partial charge is 0.225 e. The molecule has 3 rings (SSSR count). The molecule has 0 N–H and O–H groups in total.